The summed E-state index contributed by atoms with van der Waals surface area (Å²) in [5, 5.41) is 0. The maximum atomic E-state index is 12.1. The summed E-state index contributed by atoms with van der Waals surface area (Å²) in [6, 6.07) is 10.0. The maximum Gasteiger partial charge on any atom is 0.232 e. The van der Waals surface area contributed by atoms with E-state index in [0.717, 1.165) is 30.1 Å². The Morgan fingerprint density at radius 3 is 2.76 bits per heavy atom. The van der Waals surface area contributed by atoms with Gasteiger partial charge in [0.2, 0.25) is 5.91 Å². The summed E-state index contributed by atoms with van der Waals surface area (Å²) in [6.07, 6.45) is 5.58. The molecule has 5 heteroatoms. The highest BCUT2D eigenvalue weighted by atomic mass is 32.2. The zero-order valence-corrected chi connectivity index (χ0v) is 13.3. The molecule has 2 rings (SSSR count). The van der Waals surface area contributed by atoms with Crippen molar-refractivity contribution in [2.24, 2.45) is 7.05 Å². The smallest absolute Gasteiger partial charge is 0.232 e. The number of hydrogen-bond acceptors (Lipinski definition) is 3. The Labute approximate surface area is 130 Å². The number of thioether (sulfide) groups is 1. The molecule has 1 heterocycles. The molecule has 0 aliphatic heterocycles. The van der Waals surface area contributed by atoms with Gasteiger partial charge in [-0.05, 0) is 18.6 Å². The minimum atomic E-state index is 0.170. The SMILES string of the molecule is CN(CCCc1nccn1C)C(=O)CSc1ccccc1. The van der Waals surface area contributed by atoms with E-state index in [0.29, 0.717) is 5.75 Å². The van der Waals surface area contributed by atoms with Crippen LogP contribution in [0.2, 0.25) is 0 Å². The molecule has 0 unspecified atom stereocenters. The first-order valence-corrected chi connectivity index (χ1v) is 8.03. The molecule has 1 aromatic heterocycles. The number of imidazole rings is 1. The van der Waals surface area contributed by atoms with Gasteiger partial charge in [0.05, 0.1) is 5.75 Å². The van der Waals surface area contributed by atoms with Crippen LogP contribution in [0, 0.1) is 0 Å². The molecular formula is C16H21N3OS. The van der Waals surface area contributed by atoms with Crippen molar-refractivity contribution in [2.75, 3.05) is 19.3 Å². The van der Waals surface area contributed by atoms with E-state index in [1.54, 1.807) is 22.9 Å². The predicted octanol–water partition coefficient (Wildman–Crippen LogP) is 2.60. The van der Waals surface area contributed by atoms with Crippen molar-refractivity contribution in [1.29, 1.82) is 0 Å². The van der Waals surface area contributed by atoms with Crippen molar-refractivity contribution in [1.82, 2.24) is 14.5 Å². The molecular weight excluding hydrogens is 282 g/mol. The molecule has 0 N–H and O–H groups in total. The molecule has 112 valence electrons. The maximum absolute atomic E-state index is 12.1. The molecule has 0 saturated heterocycles. The van der Waals surface area contributed by atoms with Crippen molar-refractivity contribution in [2.45, 2.75) is 17.7 Å². The molecule has 0 aliphatic rings. The highest BCUT2D eigenvalue weighted by Gasteiger charge is 2.09. The molecule has 1 amide bonds. The van der Waals surface area contributed by atoms with E-state index in [2.05, 4.69) is 4.98 Å². The fourth-order valence-corrected chi connectivity index (χ4v) is 2.87. The Morgan fingerprint density at radius 2 is 2.10 bits per heavy atom. The van der Waals surface area contributed by atoms with Gasteiger partial charge in [0.1, 0.15) is 5.82 Å². The lowest BCUT2D eigenvalue weighted by Gasteiger charge is -2.16. The summed E-state index contributed by atoms with van der Waals surface area (Å²) in [5.74, 6) is 1.72. The first kappa shape index (κ1) is 15.6. The van der Waals surface area contributed by atoms with Crippen molar-refractivity contribution in [3.05, 3.63) is 48.5 Å². The third-order valence-corrected chi connectivity index (χ3v) is 4.34. The van der Waals surface area contributed by atoms with Crippen LogP contribution in [0.4, 0.5) is 0 Å². The van der Waals surface area contributed by atoms with E-state index < -0.39 is 0 Å². The normalized spacial score (nSPS) is 10.6. The van der Waals surface area contributed by atoms with Gasteiger partial charge < -0.3 is 9.47 Å². The molecule has 0 spiro atoms. The van der Waals surface area contributed by atoms with Crippen LogP contribution in [0.3, 0.4) is 0 Å². The molecule has 0 saturated carbocycles. The number of carbonyl (C=O) groups excluding carboxylic acids is 1. The number of carbonyl (C=O) groups is 1. The van der Waals surface area contributed by atoms with Gasteiger partial charge in [0, 0.05) is 44.4 Å². The third-order valence-electron chi connectivity index (χ3n) is 3.35. The lowest BCUT2D eigenvalue weighted by atomic mass is 10.3. The van der Waals surface area contributed by atoms with Crippen LogP contribution >= 0.6 is 11.8 Å². The van der Waals surface area contributed by atoms with Gasteiger partial charge in [-0.15, -0.1) is 11.8 Å². The van der Waals surface area contributed by atoms with Crippen LogP contribution in [0.1, 0.15) is 12.2 Å². The second-order valence-electron chi connectivity index (χ2n) is 4.97. The average molecular weight is 303 g/mol. The first-order chi connectivity index (χ1) is 10.2. The Morgan fingerprint density at radius 1 is 1.33 bits per heavy atom. The first-order valence-electron chi connectivity index (χ1n) is 7.05. The summed E-state index contributed by atoms with van der Waals surface area (Å²) in [6.45, 7) is 0.765. The number of amides is 1. The Kier molecular flexibility index (Phi) is 5.87. The quantitative estimate of drug-likeness (QED) is 0.738. The van der Waals surface area contributed by atoms with Crippen molar-refractivity contribution in [3.8, 4) is 0 Å². The van der Waals surface area contributed by atoms with E-state index in [1.165, 1.54) is 0 Å². The second kappa shape index (κ2) is 7.88. The van der Waals surface area contributed by atoms with E-state index in [4.69, 9.17) is 0 Å². The molecule has 0 fully saturated rings. The molecule has 0 bridgehead atoms. The average Bonchev–Trinajstić information content (AvgIpc) is 2.91. The summed E-state index contributed by atoms with van der Waals surface area (Å²) in [7, 11) is 3.86. The number of aryl methyl sites for hydroxylation is 2. The van der Waals surface area contributed by atoms with Crippen molar-refractivity contribution >= 4 is 17.7 Å². The van der Waals surface area contributed by atoms with Gasteiger partial charge in [-0.25, -0.2) is 4.98 Å². The summed E-state index contributed by atoms with van der Waals surface area (Å²) < 4.78 is 2.02. The van der Waals surface area contributed by atoms with Gasteiger partial charge in [-0.2, -0.15) is 0 Å². The Bertz CT molecular complexity index is 568. The standard InChI is InChI=1S/C16H21N3OS/c1-18-12-10-17-15(18)9-6-11-19(2)16(20)13-21-14-7-4-3-5-8-14/h3-5,7-8,10,12H,6,9,11,13H2,1-2H3. The summed E-state index contributed by atoms with van der Waals surface area (Å²) in [4.78, 5) is 19.3. The van der Waals surface area contributed by atoms with Gasteiger partial charge in [0.15, 0.2) is 0 Å². The van der Waals surface area contributed by atoms with Crippen LogP contribution in [0.5, 0.6) is 0 Å². The number of nitrogens with zero attached hydrogens (tertiary/aromatic N) is 3. The molecule has 1 aromatic carbocycles. The molecule has 21 heavy (non-hydrogen) atoms. The number of aromatic nitrogens is 2. The topological polar surface area (TPSA) is 38.1 Å². The number of hydrogen-bond donors (Lipinski definition) is 0. The van der Waals surface area contributed by atoms with Gasteiger partial charge in [-0.3, -0.25) is 4.79 Å². The van der Waals surface area contributed by atoms with Gasteiger partial charge in [-0.1, -0.05) is 18.2 Å². The highest BCUT2D eigenvalue weighted by molar-refractivity contribution is 8.00. The minimum Gasteiger partial charge on any atom is -0.345 e. The van der Waals surface area contributed by atoms with Gasteiger partial charge in [0.25, 0.3) is 0 Å². The van der Waals surface area contributed by atoms with Crippen LogP contribution < -0.4 is 0 Å². The van der Waals surface area contributed by atoms with Crippen molar-refractivity contribution in [3.63, 3.8) is 0 Å². The largest absolute Gasteiger partial charge is 0.345 e. The zero-order valence-electron chi connectivity index (χ0n) is 12.5. The summed E-state index contributed by atoms with van der Waals surface area (Å²) >= 11 is 1.58. The number of rotatable bonds is 7. The molecule has 0 aliphatic carbocycles. The molecule has 0 atom stereocenters. The summed E-state index contributed by atoms with van der Waals surface area (Å²) in [5.41, 5.74) is 0. The fourth-order valence-electron chi connectivity index (χ4n) is 2.01. The lowest BCUT2D eigenvalue weighted by molar-refractivity contribution is -0.127. The predicted molar refractivity (Wildman–Crippen MR) is 86.3 cm³/mol. The Hall–Kier alpha value is -1.75. The lowest BCUT2D eigenvalue weighted by Crippen LogP contribution is -2.29. The van der Waals surface area contributed by atoms with E-state index in [9.17, 15) is 4.79 Å². The van der Waals surface area contributed by atoms with Crippen molar-refractivity contribution < 1.29 is 4.79 Å². The number of benzene rings is 1. The highest BCUT2D eigenvalue weighted by Crippen LogP contribution is 2.17. The van der Waals surface area contributed by atoms with Crippen LogP contribution in [0.25, 0.3) is 0 Å². The van der Waals surface area contributed by atoms with Crippen LogP contribution in [0.15, 0.2) is 47.6 Å². The fraction of sp³-hybridized carbons (Fsp3) is 0.375. The minimum absolute atomic E-state index is 0.170. The molecule has 2 aromatic rings. The third kappa shape index (κ3) is 4.93. The molecule has 4 nitrogen and oxygen atoms in total. The second-order valence-corrected chi connectivity index (χ2v) is 6.02. The van der Waals surface area contributed by atoms with Crippen LogP contribution in [-0.2, 0) is 18.3 Å². The Balaban J connectivity index is 1.69. The van der Waals surface area contributed by atoms with E-state index in [1.807, 2.05) is 55.2 Å². The molecule has 0 radical (unpaired) electrons. The van der Waals surface area contributed by atoms with E-state index >= 15 is 0 Å². The van der Waals surface area contributed by atoms with Gasteiger partial charge >= 0.3 is 0 Å². The van der Waals surface area contributed by atoms with E-state index in [-0.39, 0.29) is 5.91 Å². The van der Waals surface area contributed by atoms with Crippen LogP contribution in [-0.4, -0.2) is 39.7 Å². The monoisotopic (exact) mass is 303 g/mol. The zero-order chi connectivity index (χ0) is 15.1.